The second-order valence-corrected chi connectivity index (χ2v) is 18.0. The summed E-state index contributed by atoms with van der Waals surface area (Å²) in [6, 6.07) is 6.54. The van der Waals surface area contributed by atoms with Crippen molar-refractivity contribution in [2.75, 3.05) is 29.9 Å². The summed E-state index contributed by atoms with van der Waals surface area (Å²) in [4.78, 5) is 17.5. The summed E-state index contributed by atoms with van der Waals surface area (Å²) in [5, 5.41) is 12.5. The molecule has 0 radical (unpaired) electrons. The number of imidazole rings is 1. The number of carbonyl (C=O) groups is 1. The molecule has 0 aliphatic rings. The Morgan fingerprint density at radius 2 is 1.74 bits per heavy atom. The molecule has 220 valence electrons. The minimum Gasteiger partial charge on any atom is -0.481 e. The summed E-state index contributed by atoms with van der Waals surface area (Å²) in [5.74, 6) is -0.477. The van der Waals surface area contributed by atoms with E-state index in [2.05, 4.69) is 62.5 Å². The van der Waals surface area contributed by atoms with Crippen LogP contribution in [0.4, 0.5) is 30.5 Å². The van der Waals surface area contributed by atoms with Gasteiger partial charge in [0.1, 0.15) is 6.73 Å². The second-order valence-electron chi connectivity index (χ2n) is 12.4. The number of hydrogen-bond acceptors (Lipinski definition) is 5. The van der Waals surface area contributed by atoms with Crippen molar-refractivity contribution in [1.29, 1.82) is 0 Å². The van der Waals surface area contributed by atoms with Gasteiger partial charge in [-0.05, 0) is 41.5 Å². The average molecular weight is 571 g/mol. The fourth-order valence-corrected chi connectivity index (χ4v) is 4.94. The molecule has 2 N–H and O–H groups in total. The van der Waals surface area contributed by atoms with Crippen LogP contribution < -0.4 is 10.2 Å². The van der Waals surface area contributed by atoms with Gasteiger partial charge in [0.15, 0.2) is 5.69 Å². The van der Waals surface area contributed by atoms with Gasteiger partial charge in [-0.15, -0.1) is 0 Å². The summed E-state index contributed by atoms with van der Waals surface area (Å²) in [6.07, 6.45) is -3.70. The highest BCUT2D eigenvalue weighted by molar-refractivity contribution is 6.76. The van der Waals surface area contributed by atoms with Gasteiger partial charge in [-0.25, -0.2) is 4.98 Å². The van der Waals surface area contributed by atoms with E-state index >= 15 is 0 Å². The predicted molar refractivity (Wildman–Crippen MR) is 154 cm³/mol. The Balaban J connectivity index is 2.53. The van der Waals surface area contributed by atoms with Crippen molar-refractivity contribution in [3.05, 3.63) is 35.7 Å². The minimum absolute atomic E-state index is 0.0219. The molecule has 2 rings (SSSR count). The maximum atomic E-state index is 13.6. The third-order valence-electron chi connectivity index (χ3n) is 6.12. The third kappa shape index (κ3) is 10.9. The Hall–Kier alpha value is -2.53. The van der Waals surface area contributed by atoms with Gasteiger partial charge in [0.25, 0.3) is 0 Å². The molecule has 11 heteroatoms. The number of hydrogen-bond donors (Lipinski definition) is 2. The number of halogens is 3. The number of anilines is 3. The first kappa shape index (κ1) is 32.7. The Morgan fingerprint density at radius 3 is 2.26 bits per heavy atom. The number of nitrogens with one attached hydrogen (secondary N) is 1. The van der Waals surface area contributed by atoms with Crippen LogP contribution in [0.2, 0.25) is 25.7 Å². The average Bonchev–Trinajstić information content (AvgIpc) is 3.17. The highest BCUT2D eigenvalue weighted by Crippen LogP contribution is 2.36. The number of carboxylic acids is 1. The van der Waals surface area contributed by atoms with Crippen LogP contribution in [-0.2, 0) is 22.4 Å². The lowest BCUT2D eigenvalue weighted by molar-refractivity contribution is -0.141. The fraction of sp³-hybridized carbons (Fsp3) is 0.643. The van der Waals surface area contributed by atoms with Gasteiger partial charge in [-0.1, -0.05) is 60.3 Å². The first-order valence-electron chi connectivity index (χ1n) is 13.6. The summed E-state index contributed by atoms with van der Waals surface area (Å²) in [6.45, 7) is 18.8. The lowest BCUT2D eigenvalue weighted by Crippen LogP contribution is -2.32. The first-order valence-corrected chi connectivity index (χ1v) is 17.3. The van der Waals surface area contributed by atoms with Crippen LogP contribution >= 0.6 is 0 Å². The van der Waals surface area contributed by atoms with E-state index in [1.807, 2.05) is 25.1 Å². The van der Waals surface area contributed by atoms with Gasteiger partial charge in [0.05, 0.1) is 17.8 Å². The van der Waals surface area contributed by atoms with Crippen LogP contribution in [0.3, 0.4) is 0 Å². The molecule has 2 aromatic rings. The van der Waals surface area contributed by atoms with Crippen LogP contribution in [0.25, 0.3) is 0 Å². The molecule has 0 spiro atoms. The number of carboxylic acid groups (broad SMARTS) is 1. The topological polar surface area (TPSA) is 79.6 Å². The van der Waals surface area contributed by atoms with E-state index in [0.717, 1.165) is 36.6 Å². The molecule has 0 amide bonds. The van der Waals surface area contributed by atoms with Gasteiger partial charge in [0.2, 0.25) is 5.95 Å². The Morgan fingerprint density at radius 1 is 1.13 bits per heavy atom. The zero-order chi connectivity index (χ0) is 29.5. The highest BCUT2D eigenvalue weighted by Gasteiger charge is 2.35. The zero-order valence-electron chi connectivity index (χ0n) is 24.5. The maximum Gasteiger partial charge on any atom is 0.434 e. The van der Waals surface area contributed by atoms with E-state index in [1.165, 1.54) is 4.57 Å². The lowest BCUT2D eigenvalue weighted by atomic mass is 9.96. The fourth-order valence-electron chi connectivity index (χ4n) is 4.18. The van der Waals surface area contributed by atoms with Crippen molar-refractivity contribution in [2.24, 2.45) is 11.8 Å². The molecule has 0 aliphatic heterocycles. The first-order chi connectivity index (χ1) is 18.0. The molecule has 1 heterocycles. The van der Waals surface area contributed by atoms with Crippen molar-refractivity contribution >= 4 is 31.4 Å². The van der Waals surface area contributed by atoms with E-state index in [0.29, 0.717) is 24.1 Å². The lowest BCUT2D eigenvalue weighted by Gasteiger charge is -2.31. The third-order valence-corrected chi connectivity index (χ3v) is 7.83. The molecule has 1 atom stereocenters. The van der Waals surface area contributed by atoms with Crippen molar-refractivity contribution in [2.45, 2.75) is 85.5 Å². The number of nitrogens with zero attached hydrogens (tertiary/aromatic N) is 3. The van der Waals surface area contributed by atoms with Crippen LogP contribution in [0.1, 0.15) is 58.2 Å². The van der Waals surface area contributed by atoms with Crippen molar-refractivity contribution in [3.63, 3.8) is 0 Å². The number of aromatic nitrogens is 2. The van der Waals surface area contributed by atoms with E-state index in [9.17, 15) is 23.1 Å². The Bertz CT molecular complexity index is 1070. The number of aliphatic carboxylic acids is 1. The predicted octanol–water partition coefficient (Wildman–Crippen LogP) is 7.65. The number of benzene rings is 1. The Kier molecular flexibility index (Phi) is 11.5. The smallest absolute Gasteiger partial charge is 0.434 e. The zero-order valence-corrected chi connectivity index (χ0v) is 25.5. The largest absolute Gasteiger partial charge is 0.481 e. The van der Waals surface area contributed by atoms with Crippen LogP contribution in [0, 0.1) is 11.8 Å². The van der Waals surface area contributed by atoms with Gasteiger partial charge < -0.3 is 20.1 Å². The summed E-state index contributed by atoms with van der Waals surface area (Å²) >= 11 is 0. The maximum absolute atomic E-state index is 13.6. The van der Waals surface area contributed by atoms with Crippen LogP contribution in [0.5, 0.6) is 0 Å². The quantitative estimate of drug-likeness (QED) is 0.169. The molecule has 0 aliphatic carbocycles. The molecule has 0 saturated heterocycles. The molecule has 1 aromatic heterocycles. The van der Waals surface area contributed by atoms with Crippen LogP contribution in [-0.4, -0.2) is 48.4 Å². The molecule has 7 nitrogen and oxygen atoms in total. The van der Waals surface area contributed by atoms with E-state index in [4.69, 9.17) is 4.74 Å². The van der Waals surface area contributed by atoms with Gasteiger partial charge in [-0.2, -0.15) is 13.2 Å². The standard InChI is InChI=1S/C28H45F3N4O3Si/c1-19(2)15-34(16-20(3)4)24-10-9-22(21(5)13-26(36)37)14-23(24)32-27-33-25(28(29,30)31)17-35(27)18-38-11-12-39(6,7)8/h9-10,14,17,19-21H,11-13,15-16,18H2,1-8H3,(H,32,33)(H,36,37). The number of ether oxygens (including phenoxy) is 1. The molecule has 0 bridgehead atoms. The molecule has 39 heavy (non-hydrogen) atoms. The summed E-state index contributed by atoms with van der Waals surface area (Å²) in [7, 11) is -1.36. The minimum atomic E-state index is -4.61. The number of alkyl halides is 3. The van der Waals surface area contributed by atoms with Gasteiger partial charge in [-0.3, -0.25) is 9.36 Å². The summed E-state index contributed by atoms with van der Waals surface area (Å²) < 4.78 is 48.1. The van der Waals surface area contributed by atoms with E-state index in [1.54, 1.807) is 0 Å². The molecule has 0 fully saturated rings. The van der Waals surface area contributed by atoms with E-state index in [-0.39, 0.29) is 25.0 Å². The summed E-state index contributed by atoms with van der Waals surface area (Å²) in [5.41, 5.74) is 1.18. The molecular weight excluding hydrogens is 525 g/mol. The van der Waals surface area contributed by atoms with Crippen molar-refractivity contribution in [1.82, 2.24) is 9.55 Å². The monoisotopic (exact) mass is 570 g/mol. The molecular formula is C28H45F3N4O3Si. The SMILES string of the molecule is CC(C)CN(CC(C)C)c1ccc(C(C)CC(=O)O)cc1Nc1nc(C(F)(F)F)cn1COCC[Si](C)(C)C. The molecule has 1 unspecified atom stereocenters. The van der Waals surface area contributed by atoms with Gasteiger partial charge >= 0.3 is 12.1 Å². The number of rotatable bonds is 15. The highest BCUT2D eigenvalue weighted by atomic mass is 28.3. The van der Waals surface area contributed by atoms with Crippen LogP contribution in [0.15, 0.2) is 24.4 Å². The normalized spacial score (nSPS) is 13.3. The second kappa shape index (κ2) is 13.7. The molecule has 1 aromatic carbocycles. The molecule has 0 saturated carbocycles. The Labute approximate surface area is 231 Å². The van der Waals surface area contributed by atoms with Gasteiger partial charge in [0, 0.05) is 34.0 Å². The van der Waals surface area contributed by atoms with E-state index < -0.39 is 25.9 Å². The van der Waals surface area contributed by atoms with Crippen molar-refractivity contribution in [3.8, 4) is 0 Å². The van der Waals surface area contributed by atoms with Crippen molar-refractivity contribution < 1.29 is 27.8 Å².